The lowest BCUT2D eigenvalue weighted by Gasteiger charge is -2.21. The Balaban J connectivity index is 2.76. The Bertz CT molecular complexity index is 425. The summed E-state index contributed by atoms with van der Waals surface area (Å²) in [5.41, 5.74) is 0.974. The van der Waals surface area contributed by atoms with E-state index in [1.165, 1.54) is 0 Å². The van der Waals surface area contributed by atoms with Gasteiger partial charge in [-0.1, -0.05) is 18.2 Å². The molecule has 0 unspecified atom stereocenters. The minimum absolute atomic E-state index is 0.224. The van der Waals surface area contributed by atoms with Gasteiger partial charge in [0.25, 0.3) is 0 Å². The Morgan fingerprint density at radius 3 is 2.50 bits per heavy atom. The van der Waals surface area contributed by atoms with Crippen LogP contribution in [0.4, 0.5) is 0 Å². The van der Waals surface area contributed by atoms with Crippen molar-refractivity contribution in [3.63, 3.8) is 0 Å². The molecule has 1 rings (SSSR count). The topological polar surface area (TPSA) is 44.8 Å². The molecule has 2 atom stereocenters. The van der Waals surface area contributed by atoms with E-state index in [-0.39, 0.29) is 12.1 Å². The van der Waals surface area contributed by atoms with Crippen LogP contribution < -0.4 is 4.74 Å². The van der Waals surface area contributed by atoms with Crippen molar-refractivity contribution in [3.05, 3.63) is 42.5 Å². The molecule has 0 heterocycles. The Hall–Kier alpha value is -1.81. The number of esters is 1. The van der Waals surface area contributed by atoms with E-state index in [1.807, 2.05) is 24.3 Å². The zero-order chi connectivity index (χ0) is 15.0. The normalized spacial score (nSPS) is 13.3. The molecule has 4 heteroatoms. The number of rotatable bonds is 8. The molecule has 0 fully saturated rings. The van der Waals surface area contributed by atoms with Crippen molar-refractivity contribution in [2.75, 3.05) is 13.7 Å². The molecule has 0 aromatic heterocycles. The Labute approximate surface area is 120 Å². The third-order valence-electron chi connectivity index (χ3n) is 2.86. The molecule has 0 saturated heterocycles. The minimum Gasteiger partial charge on any atom is -0.497 e. The van der Waals surface area contributed by atoms with Crippen molar-refractivity contribution >= 4 is 5.97 Å². The molecule has 0 bridgehead atoms. The summed E-state index contributed by atoms with van der Waals surface area (Å²) < 4.78 is 15.8. The summed E-state index contributed by atoms with van der Waals surface area (Å²) >= 11 is 0. The van der Waals surface area contributed by atoms with Crippen LogP contribution >= 0.6 is 0 Å². The van der Waals surface area contributed by atoms with Crippen molar-refractivity contribution in [2.45, 2.75) is 32.5 Å². The van der Waals surface area contributed by atoms with E-state index in [2.05, 4.69) is 6.58 Å². The third-order valence-corrected chi connectivity index (χ3v) is 2.86. The summed E-state index contributed by atoms with van der Waals surface area (Å²) in [5, 5.41) is 0. The quantitative estimate of drug-likeness (QED) is 0.541. The summed E-state index contributed by atoms with van der Waals surface area (Å²) in [7, 11) is 1.62. The molecule has 4 nitrogen and oxygen atoms in total. The summed E-state index contributed by atoms with van der Waals surface area (Å²) in [6.45, 7) is 7.54. The minimum atomic E-state index is -0.609. The van der Waals surface area contributed by atoms with Gasteiger partial charge in [-0.15, -0.1) is 6.58 Å². The largest absolute Gasteiger partial charge is 0.497 e. The van der Waals surface area contributed by atoms with Crippen LogP contribution in [0.25, 0.3) is 0 Å². The first-order valence-electron chi connectivity index (χ1n) is 6.69. The fraction of sp³-hybridized carbons (Fsp3) is 0.438. The first-order valence-corrected chi connectivity index (χ1v) is 6.69. The molecule has 1 aromatic rings. The molecule has 0 saturated carbocycles. The second-order valence-electron chi connectivity index (χ2n) is 4.32. The molecular formula is C16H22O4. The molecule has 20 heavy (non-hydrogen) atoms. The van der Waals surface area contributed by atoms with Gasteiger partial charge in [0.2, 0.25) is 0 Å². The van der Waals surface area contributed by atoms with E-state index >= 15 is 0 Å². The molecule has 0 aliphatic heterocycles. The van der Waals surface area contributed by atoms with Gasteiger partial charge < -0.3 is 14.2 Å². The zero-order valence-electron chi connectivity index (χ0n) is 12.3. The number of methoxy groups -OCH3 is 1. The van der Waals surface area contributed by atoms with Crippen molar-refractivity contribution in [3.8, 4) is 5.75 Å². The monoisotopic (exact) mass is 278 g/mol. The highest BCUT2D eigenvalue weighted by molar-refractivity contribution is 5.74. The third kappa shape index (κ3) is 4.70. The highest BCUT2D eigenvalue weighted by Crippen LogP contribution is 2.25. The number of carbonyl (C=O) groups is 1. The fourth-order valence-corrected chi connectivity index (χ4v) is 1.80. The summed E-state index contributed by atoms with van der Waals surface area (Å²) in [6, 6.07) is 7.57. The smallest absolute Gasteiger partial charge is 0.334 e. The van der Waals surface area contributed by atoms with Crippen LogP contribution in [-0.4, -0.2) is 25.8 Å². The molecule has 0 spiro atoms. The fourth-order valence-electron chi connectivity index (χ4n) is 1.80. The van der Waals surface area contributed by atoms with E-state index in [0.29, 0.717) is 13.0 Å². The maximum Gasteiger partial charge on any atom is 0.334 e. The maximum absolute atomic E-state index is 11.6. The van der Waals surface area contributed by atoms with Gasteiger partial charge in [0.05, 0.1) is 19.8 Å². The lowest BCUT2D eigenvalue weighted by molar-refractivity contribution is -0.159. The first-order chi connectivity index (χ1) is 9.62. The van der Waals surface area contributed by atoms with Crippen LogP contribution in [0.5, 0.6) is 5.75 Å². The van der Waals surface area contributed by atoms with Crippen LogP contribution in [0.3, 0.4) is 0 Å². The molecule has 0 radical (unpaired) electrons. The standard InChI is InChI=1S/C16H22O4/c1-5-7-15(20-12(3)16(17)19-6-2)13-8-10-14(18-4)11-9-13/h5,8-12,15H,1,6-7H2,2-4H3/t12-,15-/m0/s1. The summed E-state index contributed by atoms with van der Waals surface area (Å²) in [6.07, 6.45) is 1.56. The van der Waals surface area contributed by atoms with Gasteiger partial charge in [-0.25, -0.2) is 4.79 Å². The van der Waals surface area contributed by atoms with Gasteiger partial charge in [0.15, 0.2) is 6.10 Å². The predicted molar refractivity (Wildman–Crippen MR) is 77.7 cm³/mol. The number of ether oxygens (including phenoxy) is 3. The van der Waals surface area contributed by atoms with Crippen molar-refractivity contribution in [1.82, 2.24) is 0 Å². The van der Waals surface area contributed by atoms with Crippen LogP contribution in [-0.2, 0) is 14.3 Å². The molecule has 1 aromatic carbocycles. The van der Waals surface area contributed by atoms with Crippen LogP contribution in [0, 0.1) is 0 Å². The Kier molecular flexibility index (Phi) is 6.81. The lowest BCUT2D eigenvalue weighted by Crippen LogP contribution is -2.25. The number of hydrogen-bond acceptors (Lipinski definition) is 4. The molecular weight excluding hydrogens is 256 g/mol. The van der Waals surface area contributed by atoms with Gasteiger partial charge in [-0.05, 0) is 38.0 Å². The molecule has 0 aliphatic rings. The number of carbonyl (C=O) groups excluding carboxylic acids is 1. The zero-order valence-corrected chi connectivity index (χ0v) is 12.3. The van der Waals surface area contributed by atoms with E-state index in [1.54, 1.807) is 27.0 Å². The van der Waals surface area contributed by atoms with Crippen LogP contribution in [0.1, 0.15) is 31.9 Å². The second-order valence-corrected chi connectivity index (χ2v) is 4.32. The average molecular weight is 278 g/mol. The highest BCUT2D eigenvalue weighted by atomic mass is 16.6. The number of benzene rings is 1. The van der Waals surface area contributed by atoms with Crippen LogP contribution in [0.2, 0.25) is 0 Å². The van der Waals surface area contributed by atoms with Crippen molar-refractivity contribution < 1.29 is 19.0 Å². The molecule has 0 aliphatic carbocycles. The Morgan fingerprint density at radius 2 is 2.00 bits per heavy atom. The van der Waals surface area contributed by atoms with Gasteiger partial charge in [-0.3, -0.25) is 0 Å². The van der Waals surface area contributed by atoms with E-state index < -0.39 is 6.10 Å². The van der Waals surface area contributed by atoms with E-state index in [0.717, 1.165) is 11.3 Å². The van der Waals surface area contributed by atoms with E-state index in [4.69, 9.17) is 14.2 Å². The van der Waals surface area contributed by atoms with Crippen molar-refractivity contribution in [2.24, 2.45) is 0 Å². The predicted octanol–water partition coefficient (Wildman–Crippen LogP) is 3.28. The van der Waals surface area contributed by atoms with Gasteiger partial charge >= 0.3 is 5.97 Å². The molecule has 0 N–H and O–H groups in total. The van der Waals surface area contributed by atoms with Gasteiger partial charge in [-0.2, -0.15) is 0 Å². The van der Waals surface area contributed by atoms with Crippen LogP contribution in [0.15, 0.2) is 36.9 Å². The van der Waals surface area contributed by atoms with E-state index in [9.17, 15) is 4.79 Å². The molecule has 110 valence electrons. The first kappa shape index (κ1) is 16.2. The van der Waals surface area contributed by atoms with Crippen molar-refractivity contribution in [1.29, 1.82) is 0 Å². The SMILES string of the molecule is C=CC[C@H](O[C@@H](C)C(=O)OCC)c1ccc(OC)cc1. The average Bonchev–Trinajstić information content (AvgIpc) is 2.47. The lowest BCUT2D eigenvalue weighted by atomic mass is 10.1. The highest BCUT2D eigenvalue weighted by Gasteiger charge is 2.20. The maximum atomic E-state index is 11.6. The summed E-state index contributed by atoms with van der Waals surface area (Å²) in [4.78, 5) is 11.6. The van der Waals surface area contributed by atoms with Gasteiger partial charge in [0.1, 0.15) is 5.75 Å². The number of hydrogen-bond donors (Lipinski definition) is 0. The second kappa shape index (κ2) is 8.38. The Morgan fingerprint density at radius 1 is 1.35 bits per heavy atom. The van der Waals surface area contributed by atoms with Gasteiger partial charge in [0, 0.05) is 0 Å². The molecule has 0 amide bonds. The summed E-state index contributed by atoms with van der Waals surface area (Å²) in [5.74, 6) is 0.430.